The van der Waals surface area contributed by atoms with Gasteiger partial charge >= 0.3 is 0 Å². The molecule has 2 unspecified atom stereocenters. The number of hydrogen-bond acceptors (Lipinski definition) is 2. The van der Waals surface area contributed by atoms with Crippen molar-refractivity contribution in [1.29, 1.82) is 0 Å². The van der Waals surface area contributed by atoms with E-state index in [1.807, 2.05) is 0 Å². The molecule has 0 heterocycles. The predicted octanol–water partition coefficient (Wildman–Crippen LogP) is 3.44. The van der Waals surface area contributed by atoms with Crippen molar-refractivity contribution in [2.45, 2.75) is 71.3 Å². The molecule has 2 nitrogen and oxygen atoms in total. The number of unbranched alkanes of at least 4 members (excludes halogenated alkanes) is 1. The summed E-state index contributed by atoms with van der Waals surface area (Å²) in [4.78, 5) is 2.70. The van der Waals surface area contributed by atoms with Crippen LogP contribution in [-0.2, 0) is 0 Å². The van der Waals surface area contributed by atoms with Gasteiger partial charge in [-0.1, -0.05) is 33.1 Å². The van der Waals surface area contributed by atoms with Crippen LogP contribution < -0.4 is 0 Å². The summed E-state index contributed by atoms with van der Waals surface area (Å²) in [6, 6.07) is 0.802. The fourth-order valence-corrected chi connectivity index (χ4v) is 3.17. The van der Waals surface area contributed by atoms with Crippen LogP contribution >= 0.6 is 0 Å². The highest BCUT2D eigenvalue weighted by molar-refractivity contribution is 4.79. The normalized spacial score (nSPS) is 26.1. The molecule has 0 amide bonds. The molecule has 1 N–H and O–H groups in total. The van der Waals surface area contributed by atoms with Crippen LogP contribution in [0.3, 0.4) is 0 Å². The molecule has 0 radical (unpaired) electrons. The number of aliphatic hydroxyl groups is 1. The highest BCUT2D eigenvalue weighted by Gasteiger charge is 2.24. The highest BCUT2D eigenvalue weighted by atomic mass is 16.2. The molecule has 0 spiro atoms. The molecule has 1 saturated carbocycles. The molecule has 1 aliphatic rings. The lowest BCUT2D eigenvalue weighted by atomic mass is 9.95. The van der Waals surface area contributed by atoms with Gasteiger partial charge in [0.15, 0.2) is 0 Å². The molecule has 0 bridgehead atoms. The molecular formula is C15H31NO. The van der Waals surface area contributed by atoms with Crippen molar-refractivity contribution in [1.82, 2.24) is 4.90 Å². The molecule has 2 atom stereocenters. The van der Waals surface area contributed by atoms with Crippen molar-refractivity contribution >= 4 is 0 Å². The maximum Gasteiger partial charge on any atom is 0.0431 e. The third-order valence-corrected chi connectivity index (χ3v) is 4.15. The smallest absolute Gasteiger partial charge is 0.0431 e. The predicted molar refractivity (Wildman–Crippen MR) is 74.2 cm³/mol. The van der Waals surface area contributed by atoms with Crippen molar-refractivity contribution in [3.63, 3.8) is 0 Å². The van der Waals surface area contributed by atoms with E-state index >= 15 is 0 Å². The Morgan fingerprint density at radius 1 is 1.06 bits per heavy atom. The second-order valence-corrected chi connectivity index (χ2v) is 5.65. The van der Waals surface area contributed by atoms with Gasteiger partial charge in [-0.05, 0) is 51.1 Å². The topological polar surface area (TPSA) is 23.5 Å². The molecule has 17 heavy (non-hydrogen) atoms. The number of hydrogen-bond donors (Lipinski definition) is 1. The van der Waals surface area contributed by atoms with Crippen molar-refractivity contribution in [3.8, 4) is 0 Å². The van der Waals surface area contributed by atoms with Crippen LogP contribution in [0.25, 0.3) is 0 Å². The summed E-state index contributed by atoms with van der Waals surface area (Å²) in [6.07, 6.45) is 10.4. The van der Waals surface area contributed by atoms with Crippen LogP contribution in [0, 0.1) is 5.92 Å². The molecule has 1 rings (SSSR count). The van der Waals surface area contributed by atoms with Gasteiger partial charge in [-0.3, -0.25) is 0 Å². The Bertz CT molecular complexity index is 184. The van der Waals surface area contributed by atoms with Crippen LogP contribution in [0.2, 0.25) is 0 Å². The molecule has 0 aromatic rings. The zero-order chi connectivity index (χ0) is 12.5. The SMILES string of the molecule is CCCN(CCCCO)C1CCCCCC1C. The molecule has 0 saturated heterocycles. The quantitative estimate of drug-likeness (QED) is 0.545. The Morgan fingerprint density at radius 3 is 2.53 bits per heavy atom. The summed E-state index contributed by atoms with van der Waals surface area (Å²) >= 11 is 0. The van der Waals surface area contributed by atoms with E-state index in [9.17, 15) is 0 Å². The monoisotopic (exact) mass is 241 g/mol. The molecule has 102 valence electrons. The molecule has 1 fully saturated rings. The van der Waals surface area contributed by atoms with E-state index in [1.165, 1.54) is 51.6 Å². The van der Waals surface area contributed by atoms with Crippen LogP contribution in [0.1, 0.15) is 65.2 Å². The van der Waals surface area contributed by atoms with Crippen molar-refractivity contribution < 1.29 is 5.11 Å². The summed E-state index contributed by atoms with van der Waals surface area (Å²) in [5.74, 6) is 0.859. The van der Waals surface area contributed by atoms with Crippen LogP contribution in [0.5, 0.6) is 0 Å². The Morgan fingerprint density at radius 2 is 1.82 bits per heavy atom. The summed E-state index contributed by atoms with van der Waals surface area (Å²) in [5, 5.41) is 8.90. The Balaban J connectivity index is 2.46. The van der Waals surface area contributed by atoms with Gasteiger partial charge in [-0.15, -0.1) is 0 Å². The maximum atomic E-state index is 8.90. The second-order valence-electron chi connectivity index (χ2n) is 5.65. The number of aliphatic hydroxyl groups excluding tert-OH is 1. The largest absolute Gasteiger partial charge is 0.396 e. The van der Waals surface area contributed by atoms with Crippen LogP contribution in [0.4, 0.5) is 0 Å². The van der Waals surface area contributed by atoms with E-state index in [4.69, 9.17) is 5.11 Å². The molecule has 2 heteroatoms. The van der Waals surface area contributed by atoms with Crippen molar-refractivity contribution in [2.75, 3.05) is 19.7 Å². The van der Waals surface area contributed by atoms with Crippen molar-refractivity contribution in [3.05, 3.63) is 0 Å². The van der Waals surface area contributed by atoms with E-state index in [0.29, 0.717) is 6.61 Å². The van der Waals surface area contributed by atoms with E-state index < -0.39 is 0 Å². The number of nitrogens with zero attached hydrogens (tertiary/aromatic N) is 1. The fourth-order valence-electron chi connectivity index (χ4n) is 3.17. The summed E-state index contributed by atoms with van der Waals surface area (Å²) < 4.78 is 0. The van der Waals surface area contributed by atoms with Gasteiger partial charge in [0.05, 0.1) is 0 Å². The minimum Gasteiger partial charge on any atom is -0.396 e. The fraction of sp³-hybridized carbons (Fsp3) is 1.00. The van der Waals surface area contributed by atoms with Gasteiger partial charge in [0.25, 0.3) is 0 Å². The van der Waals surface area contributed by atoms with E-state index in [-0.39, 0.29) is 0 Å². The van der Waals surface area contributed by atoms with Gasteiger partial charge in [-0.25, -0.2) is 0 Å². The molecule has 0 aliphatic heterocycles. The van der Waals surface area contributed by atoms with E-state index in [1.54, 1.807) is 0 Å². The van der Waals surface area contributed by atoms with Gasteiger partial charge in [-0.2, -0.15) is 0 Å². The Hall–Kier alpha value is -0.0800. The standard InChI is InChI=1S/C15H31NO/c1-3-11-16(12-7-8-13-17)15-10-6-4-5-9-14(15)2/h14-15,17H,3-13H2,1-2H3. The van der Waals surface area contributed by atoms with Gasteiger partial charge in [0.2, 0.25) is 0 Å². The Kier molecular flexibility index (Phi) is 7.87. The van der Waals surface area contributed by atoms with E-state index in [0.717, 1.165) is 24.8 Å². The lowest BCUT2D eigenvalue weighted by molar-refractivity contribution is 0.134. The van der Waals surface area contributed by atoms with Gasteiger partial charge < -0.3 is 10.0 Å². The lowest BCUT2D eigenvalue weighted by Crippen LogP contribution is -2.40. The van der Waals surface area contributed by atoms with Gasteiger partial charge in [0.1, 0.15) is 0 Å². The minimum absolute atomic E-state index is 0.347. The third-order valence-electron chi connectivity index (χ3n) is 4.15. The van der Waals surface area contributed by atoms with Crippen molar-refractivity contribution in [2.24, 2.45) is 5.92 Å². The first-order chi connectivity index (χ1) is 8.29. The first-order valence-electron chi connectivity index (χ1n) is 7.64. The van der Waals surface area contributed by atoms with Crippen LogP contribution in [0.15, 0.2) is 0 Å². The number of rotatable bonds is 7. The zero-order valence-electron chi connectivity index (χ0n) is 11.8. The average molecular weight is 241 g/mol. The lowest BCUT2D eigenvalue weighted by Gasteiger charge is -2.34. The molecule has 0 aromatic carbocycles. The van der Waals surface area contributed by atoms with E-state index in [2.05, 4.69) is 18.7 Å². The maximum absolute atomic E-state index is 8.90. The van der Waals surface area contributed by atoms with Gasteiger partial charge in [0, 0.05) is 12.6 Å². The van der Waals surface area contributed by atoms with Crippen LogP contribution in [-0.4, -0.2) is 35.7 Å². The third kappa shape index (κ3) is 5.39. The summed E-state index contributed by atoms with van der Waals surface area (Å²) in [5.41, 5.74) is 0. The summed E-state index contributed by atoms with van der Waals surface area (Å²) in [6.45, 7) is 7.48. The Labute approximate surface area is 107 Å². The molecule has 0 aromatic heterocycles. The molecule has 1 aliphatic carbocycles. The second kappa shape index (κ2) is 8.93. The average Bonchev–Trinajstić information content (AvgIpc) is 2.53. The highest BCUT2D eigenvalue weighted by Crippen LogP contribution is 2.27. The first-order valence-corrected chi connectivity index (χ1v) is 7.64. The molecular weight excluding hydrogens is 210 g/mol. The zero-order valence-corrected chi connectivity index (χ0v) is 11.8. The first kappa shape index (κ1) is 15.0. The minimum atomic E-state index is 0.347. The summed E-state index contributed by atoms with van der Waals surface area (Å²) in [7, 11) is 0.